The third-order valence-corrected chi connectivity index (χ3v) is 5.41. The Morgan fingerprint density at radius 2 is 1.93 bits per heavy atom. The third kappa shape index (κ3) is 8.96. The Morgan fingerprint density at radius 1 is 1.17 bits per heavy atom. The van der Waals surface area contributed by atoms with E-state index in [1.807, 2.05) is 45.0 Å². The molecule has 0 fully saturated rings. The lowest BCUT2D eigenvalue weighted by Crippen LogP contribution is -2.19. The number of amides is 2. The van der Waals surface area contributed by atoms with Gasteiger partial charge in [0, 0.05) is 22.4 Å². The van der Waals surface area contributed by atoms with Crippen molar-refractivity contribution in [3.05, 3.63) is 35.3 Å². The maximum atomic E-state index is 12.2. The number of carbonyl (C=O) groups excluding carboxylic acids is 3. The van der Waals surface area contributed by atoms with Crippen LogP contribution >= 0.6 is 23.1 Å². The molecule has 1 aromatic heterocycles. The topological polar surface area (TPSA) is 97.4 Å². The van der Waals surface area contributed by atoms with Gasteiger partial charge in [-0.3, -0.25) is 14.4 Å². The lowest BCUT2D eigenvalue weighted by atomic mass is 9.92. The summed E-state index contributed by atoms with van der Waals surface area (Å²) in [5, 5.41) is 7.80. The Morgan fingerprint density at radius 3 is 2.63 bits per heavy atom. The van der Waals surface area contributed by atoms with Gasteiger partial charge < -0.3 is 15.4 Å². The summed E-state index contributed by atoms with van der Waals surface area (Å²) in [6.45, 7) is 8.11. The van der Waals surface area contributed by atoms with Crippen LogP contribution in [0, 0.1) is 5.41 Å². The molecule has 0 radical (unpaired) electrons. The fourth-order valence-electron chi connectivity index (χ4n) is 2.46. The standard InChI is InChI=1S/C21H27N3O4S2/c1-5-28-19(27)10-15-12-30-20(23-15)24-18(26)13-29-16-8-6-7-14(9-16)22-17(25)11-21(2,3)4/h6-9,12H,5,10-11,13H2,1-4H3,(H,22,25)(H,23,24,26). The maximum Gasteiger partial charge on any atom is 0.311 e. The van der Waals surface area contributed by atoms with E-state index in [9.17, 15) is 14.4 Å². The molecule has 2 amide bonds. The van der Waals surface area contributed by atoms with Gasteiger partial charge in [0.15, 0.2) is 5.13 Å². The molecule has 1 aromatic carbocycles. The SMILES string of the molecule is CCOC(=O)Cc1csc(NC(=O)CSc2cccc(NC(=O)CC(C)(C)C)c2)n1. The molecular formula is C21H27N3O4S2. The highest BCUT2D eigenvalue weighted by molar-refractivity contribution is 8.00. The Labute approximate surface area is 185 Å². The summed E-state index contributed by atoms with van der Waals surface area (Å²) < 4.78 is 4.89. The Kier molecular flexibility index (Phi) is 8.86. The molecule has 0 atom stereocenters. The maximum absolute atomic E-state index is 12.2. The predicted molar refractivity (Wildman–Crippen MR) is 121 cm³/mol. The summed E-state index contributed by atoms with van der Waals surface area (Å²) in [4.78, 5) is 40.9. The van der Waals surface area contributed by atoms with Crippen molar-refractivity contribution >= 4 is 51.7 Å². The monoisotopic (exact) mass is 449 g/mol. The number of anilines is 2. The summed E-state index contributed by atoms with van der Waals surface area (Å²) in [7, 11) is 0. The van der Waals surface area contributed by atoms with E-state index < -0.39 is 0 Å². The lowest BCUT2D eigenvalue weighted by molar-refractivity contribution is -0.142. The van der Waals surface area contributed by atoms with E-state index in [1.54, 1.807) is 12.3 Å². The number of thiazole rings is 1. The molecule has 0 aliphatic carbocycles. The van der Waals surface area contributed by atoms with E-state index in [-0.39, 0.29) is 35.4 Å². The highest BCUT2D eigenvalue weighted by Crippen LogP contribution is 2.24. The minimum atomic E-state index is -0.342. The van der Waals surface area contributed by atoms with E-state index in [1.165, 1.54) is 23.1 Å². The molecule has 2 aromatic rings. The van der Waals surface area contributed by atoms with Crippen LogP contribution < -0.4 is 10.6 Å². The van der Waals surface area contributed by atoms with Crippen LogP contribution in [-0.2, 0) is 25.5 Å². The molecule has 0 saturated heterocycles. The molecular weight excluding hydrogens is 422 g/mol. The Hall–Kier alpha value is -2.39. The summed E-state index contributed by atoms with van der Waals surface area (Å²) in [5.74, 6) is -0.374. The number of carbonyl (C=O) groups is 3. The van der Waals surface area contributed by atoms with Crippen LogP contribution in [0.5, 0.6) is 0 Å². The van der Waals surface area contributed by atoms with Crippen molar-refractivity contribution in [1.29, 1.82) is 0 Å². The first kappa shape index (κ1) is 23.9. The fourth-order valence-corrected chi connectivity index (χ4v) is 3.94. The number of thioether (sulfide) groups is 1. The molecule has 0 bridgehead atoms. The molecule has 0 saturated carbocycles. The molecule has 1 heterocycles. The van der Waals surface area contributed by atoms with Crippen LogP contribution in [0.25, 0.3) is 0 Å². The molecule has 9 heteroatoms. The molecule has 7 nitrogen and oxygen atoms in total. The van der Waals surface area contributed by atoms with Crippen molar-refractivity contribution < 1.29 is 19.1 Å². The van der Waals surface area contributed by atoms with Gasteiger partial charge in [0.2, 0.25) is 11.8 Å². The molecule has 162 valence electrons. The van der Waals surface area contributed by atoms with Gasteiger partial charge in [-0.1, -0.05) is 26.8 Å². The number of esters is 1. The molecule has 30 heavy (non-hydrogen) atoms. The number of nitrogens with zero attached hydrogens (tertiary/aromatic N) is 1. The fraction of sp³-hybridized carbons (Fsp3) is 0.429. The largest absolute Gasteiger partial charge is 0.466 e. The van der Waals surface area contributed by atoms with Gasteiger partial charge in [-0.25, -0.2) is 4.98 Å². The Balaban J connectivity index is 1.83. The van der Waals surface area contributed by atoms with Crippen LogP contribution in [0.15, 0.2) is 34.5 Å². The quantitative estimate of drug-likeness (QED) is 0.436. The molecule has 2 rings (SSSR count). The minimum Gasteiger partial charge on any atom is -0.466 e. The van der Waals surface area contributed by atoms with Crippen LogP contribution in [0.2, 0.25) is 0 Å². The summed E-state index contributed by atoms with van der Waals surface area (Å²) in [6, 6.07) is 7.40. The van der Waals surface area contributed by atoms with Crippen molar-refractivity contribution in [2.45, 2.75) is 45.4 Å². The first-order valence-electron chi connectivity index (χ1n) is 9.57. The van der Waals surface area contributed by atoms with Crippen molar-refractivity contribution in [1.82, 2.24) is 4.98 Å². The number of nitrogens with one attached hydrogen (secondary N) is 2. The zero-order chi connectivity index (χ0) is 22.1. The second kappa shape index (κ2) is 11.1. The summed E-state index contributed by atoms with van der Waals surface area (Å²) >= 11 is 2.63. The molecule has 0 spiro atoms. The predicted octanol–water partition coefficient (Wildman–Crippen LogP) is 4.35. The van der Waals surface area contributed by atoms with Gasteiger partial charge in [-0.2, -0.15) is 0 Å². The van der Waals surface area contributed by atoms with E-state index in [4.69, 9.17) is 4.74 Å². The average Bonchev–Trinajstić information content (AvgIpc) is 3.05. The van der Waals surface area contributed by atoms with E-state index >= 15 is 0 Å². The van der Waals surface area contributed by atoms with Gasteiger partial charge in [-0.15, -0.1) is 23.1 Å². The first-order chi connectivity index (χ1) is 14.1. The summed E-state index contributed by atoms with van der Waals surface area (Å²) in [6.07, 6.45) is 0.515. The number of hydrogen-bond acceptors (Lipinski definition) is 7. The highest BCUT2D eigenvalue weighted by Gasteiger charge is 2.16. The second-order valence-corrected chi connectivity index (χ2v) is 9.68. The number of rotatable bonds is 9. The number of benzene rings is 1. The summed E-state index contributed by atoms with van der Waals surface area (Å²) in [5.41, 5.74) is 1.19. The van der Waals surface area contributed by atoms with Crippen molar-refractivity contribution in [2.75, 3.05) is 23.0 Å². The van der Waals surface area contributed by atoms with E-state index in [0.717, 1.165) is 4.90 Å². The van der Waals surface area contributed by atoms with Crippen molar-refractivity contribution in [2.24, 2.45) is 5.41 Å². The van der Waals surface area contributed by atoms with Gasteiger partial charge in [0.1, 0.15) is 0 Å². The minimum absolute atomic E-state index is 0.0372. The smallest absolute Gasteiger partial charge is 0.311 e. The van der Waals surface area contributed by atoms with Gasteiger partial charge in [-0.05, 0) is 30.5 Å². The van der Waals surface area contributed by atoms with Crippen molar-refractivity contribution in [3.8, 4) is 0 Å². The number of ether oxygens (including phenoxy) is 1. The molecule has 2 N–H and O–H groups in total. The highest BCUT2D eigenvalue weighted by atomic mass is 32.2. The lowest BCUT2D eigenvalue weighted by Gasteiger charge is -2.17. The molecule has 0 aliphatic heterocycles. The van der Waals surface area contributed by atoms with Gasteiger partial charge >= 0.3 is 5.97 Å². The second-order valence-electron chi connectivity index (χ2n) is 7.78. The first-order valence-corrected chi connectivity index (χ1v) is 11.4. The zero-order valence-corrected chi connectivity index (χ0v) is 19.2. The number of aromatic nitrogens is 1. The van der Waals surface area contributed by atoms with Crippen LogP contribution in [0.3, 0.4) is 0 Å². The number of hydrogen-bond donors (Lipinski definition) is 2. The average molecular weight is 450 g/mol. The van der Waals surface area contributed by atoms with E-state index in [0.29, 0.717) is 29.5 Å². The zero-order valence-electron chi connectivity index (χ0n) is 17.6. The van der Waals surface area contributed by atoms with Crippen LogP contribution in [0.1, 0.15) is 39.8 Å². The molecule has 0 unspecified atom stereocenters. The van der Waals surface area contributed by atoms with Gasteiger partial charge in [0.05, 0.1) is 24.5 Å². The van der Waals surface area contributed by atoms with Crippen molar-refractivity contribution in [3.63, 3.8) is 0 Å². The van der Waals surface area contributed by atoms with Gasteiger partial charge in [0.25, 0.3) is 0 Å². The Bertz CT molecular complexity index is 890. The molecule has 0 aliphatic rings. The third-order valence-electron chi connectivity index (χ3n) is 3.61. The van der Waals surface area contributed by atoms with E-state index in [2.05, 4.69) is 15.6 Å². The van der Waals surface area contributed by atoms with Crippen LogP contribution in [0.4, 0.5) is 10.8 Å². The van der Waals surface area contributed by atoms with Crippen LogP contribution in [-0.4, -0.2) is 35.1 Å². The normalized spacial score (nSPS) is 11.1.